The molecule has 0 bridgehead atoms. The van der Waals surface area contributed by atoms with Crippen LogP contribution in [0.5, 0.6) is 5.75 Å². The number of methoxy groups -OCH3 is 1. The minimum Gasteiger partial charge on any atom is -0.496 e. The van der Waals surface area contributed by atoms with Crippen molar-refractivity contribution in [2.45, 2.75) is 33.1 Å². The van der Waals surface area contributed by atoms with Crippen molar-refractivity contribution >= 4 is 11.5 Å². The number of benzene rings is 1. The number of carboxylic acid groups (broad SMARTS) is 1. The van der Waals surface area contributed by atoms with Crippen LogP contribution < -0.4 is 4.74 Å². The first kappa shape index (κ1) is 14.3. The van der Waals surface area contributed by atoms with E-state index in [1.54, 1.807) is 7.11 Å². The number of aryl methyl sites for hydroxylation is 1. The van der Waals surface area contributed by atoms with Crippen molar-refractivity contribution in [1.82, 2.24) is 0 Å². The summed E-state index contributed by atoms with van der Waals surface area (Å²) in [7, 11) is 1.66. The van der Waals surface area contributed by atoms with E-state index in [0.29, 0.717) is 6.42 Å². The molecule has 0 saturated carbocycles. The van der Waals surface area contributed by atoms with E-state index in [1.165, 1.54) is 5.56 Å². The van der Waals surface area contributed by atoms with Crippen molar-refractivity contribution in [3.63, 3.8) is 0 Å². The van der Waals surface area contributed by atoms with E-state index in [9.17, 15) is 4.79 Å². The summed E-state index contributed by atoms with van der Waals surface area (Å²) in [5.74, 6) is 0.113. The predicted molar refractivity (Wildman–Crippen MR) is 72.9 cm³/mol. The van der Waals surface area contributed by atoms with Gasteiger partial charge in [-0.05, 0) is 44.4 Å². The topological polar surface area (TPSA) is 46.5 Å². The Balaban J connectivity index is 2.75. The summed E-state index contributed by atoms with van der Waals surface area (Å²) in [5.41, 5.74) is 3.39. The Morgan fingerprint density at radius 2 is 2.17 bits per heavy atom. The molecule has 3 nitrogen and oxygen atoms in total. The fourth-order valence-corrected chi connectivity index (χ4v) is 1.81. The van der Waals surface area contributed by atoms with Gasteiger partial charge in [-0.3, -0.25) is 4.79 Å². The highest BCUT2D eigenvalue weighted by atomic mass is 16.5. The summed E-state index contributed by atoms with van der Waals surface area (Å²) in [6, 6.07) is 6.06. The summed E-state index contributed by atoms with van der Waals surface area (Å²) in [5, 5.41) is 8.57. The van der Waals surface area contributed by atoms with E-state index in [0.717, 1.165) is 23.3 Å². The van der Waals surface area contributed by atoms with Crippen molar-refractivity contribution in [1.29, 1.82) is 0 Å². The fraction of sp³-hybridized carbons (Fsp3) is 0.400. The highest BCUT2D eigenvalue weighted by Crippen LogP contribution is 2.27. The van der Waals surface area contributed by atoms with Gasteiger partial charge in [0.05, 0.1) is 7.11 Å². The SMILES string of the molecule is COc1ccc(C)cc1/C(C)=C/CCCC(=O)O. The van der Waals surface area contributed by atoms with Crippen LogP contribution in [-0.2, 0) is 4.79 Å². The number of allylic oxidation sites excluding steroid dienone is 2. The Morgan fingerprint density at radius 1 is 1.44 bits per heavy atom. The lowest BCUT2D eigenvalue weighted by atomic mass is 10.0. The lowest BCUT2D eigenvalue weighted by Crippen LogP contribution is -1.93. The molecule has 3 heteroatoms. The van der Waals surface area contributed by atoms with Gasteiger partial charge in [0.15, 0.2) is 0 Å². The van der Waals surface area contributed by atoms with E-state index in [4.69, 9.17) is 9.84 Å². The highest BCUT2D eigenvalue weighted by Gasteiger charge is 2.04. The minimum absolute atomic E-state index is 0.217. The van der Waals surface area contributed by atoms with Crippen LogP contribution in [-0.4, -0.2) is 18.2 Å². The smallest absolute Gasteiger partial charge is 0.303 e. The third-order valence-electron chi connectivity index (χ3n) is 2.83. The molecular formula is C15H20O3. The molecule has 1 aromatic carbocycles. The molecule has 0 aliphatic heterocycles. The molecular weight excluding hydrogens is 228 g/mol. The van der Waals surface area contributed by atoms with Gasteiger partial charge in [-0.1, -0.05) is 17.7 Å². The zero-order chi connectivity index (χ0) is 13.5. The summed E-state index contributed by atoms with van der Waals surface area (Å²) in [6.07, 6.45) is 3.73. The predicted octanol–water partition coefficient (Wildman–Crippen LogP) is 3.66. The number of rotatable bonds is 6. The molecule has 0 amide bonds. The molecule has 0 unspecified atom stereocenters. The quantitative estimate of drug-likeness (QED) is 0.781. The standard InChI is InChI=1S/C15H20O3/c1-11-8-9-14(18-3)13(10-11)12(2)6-4-5-7-15(16)17/h6,8-10H,4-5,7H2,1-3H3,(H,16,17)/b12-6+. The van der Waals surface area contributed by atoms with Crippen LogP contribution in [0.25, 0.3) is 5.57 Å². The lowest BCUT2D eigenvalue weighted by Gasteiger charge is -2.10. The van der Waals surface area contributed by atoms with Gasteiger partial charge in [0.2, 0.25) is 0 Å². The van der Waals surface area contributed by atoms with Crippen LogP contribution in [0.3, 0.4) is 0 Å². The van der Waals surface area contributed by atoms with Crippen molar-refractivity contribution in [2.24, 2.45) is 0 Å². The van der Waals surface area contributed by atoms with Crippen molar-refractivity contribution in [3.8, 4) is 5.75 Å². The molecule has 0 aromatic heterocycles. The Hall–Kier alpha value is -1.77. The molecule has 98 valence electrons. The molecule has 0 saturated heterocycles. The molecule has 0 heterocycles. The largest absolute Gasteiger partial charge is 0.496 e. The number of hydrogen-bond acceptors (Lipinski definition) is 2. The fourth-order valence-electron chi connectivity index (χ4n) is 1.81. The maximum atomic E-state index is 10.4. The van der Waals surface area contributed by atoms with E-state index >= 15 is 0 Å². The molecule has 1 rings (SSSR count). The Morgan fingerprint density at radius 3 is 2.78 bits per heavy atom. The van der Waals surface area contributed by atoms with E-state index < -0.39 is 5.97 Å². The number of aliphatic carboxylic acids is 1. The van der Waals surface area contributed by atoms with Crippen LogP contribution >= 0.6 is 0 Å². The van der Waals surface area contributed by atoms with Gasteiger partial charge >= 0.3 is 5.97 Å². The van der Waals surface area contributed by atoms with Gasteiger partial charge in [-0.25, -0.2) is 0 Å². The van der Waals surface area contributed by atoms with Crippen LogP contribution in [0, 0.1) is 6.92 Å². The Kier molecular flexibility index (Phi) is 5.43. The summed E-state index contributed by atoms with van der Waals surface area (Å²) in [4.78, 5) is 10.4. The summed E-state index contributed by atoms with van der Waals surface area (Å²) >= 11 is 0. The van der Waals surface area contributed by atoms with Crippen LogP contribution in [0.1, 0.15) is 37.3 Å². The van der Waals surface area contributed by atoms with Gasteiger partial charge in [-0.15, -0.1) is 0 Å². The maximum absolute atomic E-state index is 10.4. The molecule has 1 N–H and O–H groups in total. The van der Waals surface area contributed by atoms with Crippen molar-refractivity contribution in [3.05, 3.63) is 35.4 Å². The second-order valence-electron chi connectivity index (χ2n) is 4.38. The first-order valence-electron chi connectivity index (χ1n) is 6.08. The third-order valence-corrected chi connectivity index (χ3v) is 2.83. The molecule has 0 atom stereocenters. The number of hydrogen-bond donors (Lipinski definition) is 1. The van der Waals surface area contributed by atoms with Crippen molar-refractivity contribution in [2.75, 3.05) is 7.11 Å². The molecule has 0 aliphatic rings. The molecule has 0 aliphatic carbocycles. The molecule has 0 radical (unpaired) electrons. The summed E-state index contributed by atoms with van der Waals surface area (Å²) < 4.78 is 5.33. The Labute approximate surface area is 108 Å². The number of carbonyl (C=O) groups is 1. The monoisotopic (exact) mass is 248 g/mol. The first-order valence-corrected chi connectivity index (χ1v) is 6.08. The van der Waals surface area contributed by atoms with Gasteiger partial charge in [0.1, 0.15) is 5.75 Å². The third kappa shape index (κ3) is 4.24. The van der Waals surface area contributed by atoms with Crippen LogP contribution in [0.15, 0.2) is 24.3 Å². The lowest BCUT2D eigenvalue weighted by molar-refractivity contribution is -0.137. The number of ether oxygens (including phenoxy) is 1. The second-order valence-corrected chi connectivity index (χ2v) is 4.38. The number of carboxylic acids is 1. The van der Waals surface area contributed by atoms with Gasteiger partial charge < -0.3 is 9.84 Å². The molecule has 0 fully saturated rings. The maximum Gasteiger partial charge on any atom is 0.303 e. The van der Waals surface area contributed by atoms with Gasteiger partial charge in [0.25, 0.3) is 0 Å². The van der Waals surface area contributed by atoms with E-state index in [2.05, 4.69) is 12.1 Å². The van der Waals surface area contributed by atoms with Gasteiger partial charge in [0, 0.05) is 12.0 Å². The van der Waals surface area contributed by atoms with Crippen LogP contribution in [0.2, 0.25) is 0 Å². The normalized spacial score (nSPS) is 11.4. The van der Waals surface area contributed by atoms with Crippen LogP contribution in [0.4, 0.5) is 0 Å². The molecule has 0 spiro atoms. The summed E-state index contributed by atoms with van der Waals surface area (Å²) in [6.45, 7) is 4.07. The van der Waals surface area contributed by atoms with E-state index in [-0.39, 0.29) is 6.42 Å². The number of unbranched alkanes of at least 4 members (excludes halogenated alkanes) is 1. The molecule has 1 aromatic rings. The zero-order valence-electron chi connectivity index (χ0n) is 11.2. The highest BCUT2D eigenvalue weighted by molar-refractivity contribution is 5.70. The molecule has 18 heavy (non-hydrogen) atoms. The average Bonchev–Trinajstić information content (AvgIpc) is 2.34. The minimum atomic E-state index is -0.741. The average molecular weight is 248 g/mol. The van der Waals surface area contributed by atoms with Gasteiger partial charge in [-0.2, -0.15) is 0 Å². The zero-order valence-corrected chi connectivity index (χ0v) is 11.2. The second kappa shape index (κ2) is 6.84. The Bertz CT molecular complexity index is 447. The van der Waals surface area contributed by atoms with E-state index in [1.807, 2.05) is 26.0 Å². The van der Waals surface area contributed by atoms with Crippen molar-refractivity contribution < 1.29 is 14.6 Å². The first-order chi connectivity index (χ1) is 8.54.